The molecule has 2 aromatic carbocycles. The van der Waals surface area contributed by atoms with Crippen molar-refractivity contribution in [3.05, 3.63) is 67.9 Å². The highest BCUT2D eigenvalue weighted by atomic mass is 79.9. The van der Waals surface area contributed by atoms with E-state index in [0.717, 1.165) is 13.1 Å². The van der Waals surface area contributed by atoms with Crippen molar-refractivity contribution in [2.75, 3.05) is 6.61 Å². The molecule has 1 aromatic heterocycles. The van der Waals surface area contributed by atoms with E-state index in [4.69, 9.17) is 18.7 Å². The first-order valence-corrected chi connectivity index (χ1v) is 14.5. The minimum Gasteiger partial charge on any atom is -0.575 e. The SMILES string of the molecule is CC(C)OC(=O)[C@H](C)/N=[P+](\[O-])Oc1c(OC[C@@]2(F)O[C@@H](n3cc(Br)c(=O)[nH]c3=O)[C@](C)(F)[C@@H]2O)ccc2ccccc12. The molecule has 0 saturated carbocycles. The Morgan fingerprint density at radius 1 is 1.26 bits per heavy atom. The fourth-order valence-corrected chi connectivity index (χ4v) is 5.31. The first-order valence-electron chi connectivity index (χ1n) is 12.6. The lowest BCUT2D eigenvalue weighted by molar-refractivity contribution is -0.203. The molecule has 4 rings (SSSR count). The van der Waals surface area contributed by atoms with Gasteiger partial charge >= 0.3 is 19.8 Å². The summed E-state index contributed by atoms with van der Waals surface area (Å²) in [6.07, 6.45) is -3.94. The standard InChI is InChI=1S/C26H27BrF2N3O9P/c1-13(2)39-21(34)14(3)31-42(37)41-19-16-8-6-5-7-15(16)9-10-18(19)38-12-26(29)22(35)25(4,28)23(40-26)32-11-17(27)20(33)30-24(32)36/h5-11,13-14,22-23,35H,12H2,1-4H3,(H,30,33,36)/t14-,22-,23+,25+,26+/m0/s1. The summed E-state index contributed by atoms with van der Waals surface area (Å²) in [6.45, 7) is 4.41. The van der Waals surface area contributed by atoms with Crippen LogP contribution < -0.4 is 25.4 Å². The number of aliphatic hydroxyl groups is 1. The Labute approximate surface area is 246 Å². The number of H-pyrrole nitrogens is 1. The van der Waals surface area contributed by atoms with Crippen molar-refractivity contribution < 1.29 is 42.3 Å². The zero-order valence-corrected chi connectivity index (χ0v) is 25.2. The van der Waals surface area contributed by atoms with E-state index < -0.39 is 68.0 Å². The van der Waals surface area contributed by atoms with E-state index in [-0.39, 0.29) is 16.0 Å². The third-order valence-electron chi connectivity index (χ3n) is 6.31. The minimum atomic E-state index is -3.19. The number of nitrogens with zero attached hydrogens (tertiary/aromatic N) is 2. The zero-order valence-electron chi connectivity index (χ0n) is 22.7. The molecule has 6 atom stereocenters. The first kappa shape index (κ1) is 31.7. The molecule has 1 saturated heterocycles. The molecule has 226 valence electrons. The van der Waals surface area contributed by atoms with Crippen LogP contribution in [0.2, 0.25) is 0 Å². The summed E-state index contributed by atoms with van der Waals surface area (Å²) in [5.74, 6) is -4.19. The van der Waals surface area contributed by atoms with Gasteiger partial charge in [0.2, 0.25) is 5.75 Å². The number of nitrogens with one attached hydrogen (secondary N) is 1. The normalized spacial score (nSPS) is 25.0. The molecule has 1 unspecified atom stereocenters. The molecule has 1 fully saturated rings. The molecule has 16 heteroatoms. The van der Waals surface area contributed by atoms with Crippen molar-refractivity contribution in [1.29, 1.82) is 0 Å². The molecule has 1 aliphatic rings. The van der Waals surface area contributed by atoms with E-state index >= 15 is 8.78 Å². The summed E-state index contributed by atoms with van der Waals surface area (Å²) in [4.78, 5) is 50.9. The van der Waals surface area contributed by atoms with Gasteiger partial charge in [-0.2, -0.15) is 0 Å². The Morgan fingerprint density at radius 3 is 2.64 bits per heavy atom. The number of carbonyl (C=O) groups is 1. The first-order chi connectivity index (χ1) is 19.6. The summed E-state index contributed by atoms with van der Waals surface area (Å²) in [5, 5.41) is 11.6. The number of ether oxygens (including phenoxy) is 3. The lowest BCUT2D eigenvalue weighted by Crippen LogP contribution is -2.48. The lowest BCUT2D eigenvalue weighted by atomic mass is 9.97. The molecule has 0 amide bonds. The number of hydrogen-bond acceptors (Lipinski definition) is 10. The number of alkyl halides is 2. The highest BCUT2D eigenvalue weighted by Gasteiger charge is 2.65. The van der Waals surface area contributed by atoms with Crippen LogP contribution in [0.3, 0.4) is 0 Å². The van der Waals surface area contributed by atoms with E-state index in [1.807, 2.05) is 4.98 Å². The molecule has 1 aliphatic heterocycles. The maximum absolute atomic E-state index is 16.0. The quantitative estimate of drug-likeness (QED) is 0.256. The number of rotatable bonds is 9. The van der Waals surface area contributed by atoms with Gasteiger partial charge in [-0.15, -0.1) is 0 Å². The third kappa shape index (κ3) is 6.40. The van der Waals surface area contributed by atoms with Crippen molar-refractivity contribution >= 4 is 40.8 Å². The maximum Gasteiger partial charge on any atom is 0.395 e. The number of aliphatic hydroxyl groups excluding tert-OH is 1. The van der Waals surface area contributed by atoms with Crippen molar-refractivity contribution in [3.8, 4) is 11.5 Å². The Morgan fingerprint density at radius 2 is 1.95 bits per heavy atom. The lowest BCUT2D eigenvalue weighted by Gasteiger charge is -2.25. The predicted octanol–water partition coefficient (Wildman–Crippen LogP) is 3.39. The molecule has 0 bridgehead atoms. The Balaban J connectivity index is 1.63. The number of aromatic nitrogens is 2. The van der Waals surface area contributed by atoms with Crippen molar-refractivity contribution in [2.24, 2.45) is 4.74 Å². The van der Waals surface area contributed by atoms with Gasteiger partial charge in [0.15, 0.2) is 36.4 Å². The molecule has 42 heavy (non-hydrogen) atoms. The summed E-state index contributed by atoms with van der Waals surface area (Å²) in [5.41, 5.74) is -4.75. The van der Waals surface area contributed by atoms with Crippen LogP contribution in [-0.4, -0.2) is 57.0 Å². The van der Waals surface area contributed by atoms with Crippen LogP contribution in [0.1, 0.15) is 33.9 Å². The second kappa shape index (κ2) is 12.2. The van der Waals surface area contributed by atoms with Crippen LogP contribution in [0, 0.1) is 0 Å². The topological polar surface area (TPSA) is 164 Å². The van der Waals surface area contributed by atoms with Crippen LogP contribution in [0.25, 0.3) is 10.8 Å². The molecule has 12 nitrogen and oxygen atoms in total. The van der Waals surface area contributed by atoms with Crippen LogP contribution in [0.4, 0.5) is 8.78 Å². The van der Waals surface area contributed by atoms with E-state index in [1.165, 1.54) is 13.0 Å². The molecule has 0 spiro atoms. The van der Waals surface area contributed by atoms with Gasteiger partial charge in [0.05, 0.1) is 10.6 Å². The van der Waals surface area contributed by atoms with Crippen molar-refractivity contribution in [3.63, 3.8) is 0 Å². The van der Waals surface area contributed by atoms with Gasteiger partial charge in [-0.05, 0) is 55.1 Å². The second-order valence-electron chi connectivity index (χ2n) is 9.96. The van der Waals surface area contributed by atoms with E-state index in [2.05, 4.69) is 20.7 Å². The molecule has 0 radical (unpaired) electrons. The number of fused-ring (bicyclic) bond motifs is 1. The van der Waals surface area contributed by atoms with Crippen molar-refractivity contribution in [1.82, 2.24) is 9.55 Å². The smallest absolute Gasteiger partial charge is 0.395 e. The highest BCUT2D eigenvalue weighted by Crippen LogP contribution is 2.48. The molecule has 0 aliphatic carbocycles. The number of esters is 1. The Hall–Kier alpha value is -3.23. The number of benzene rings is 2. The Kier molecular flexibility index (Phi) is 9.19. The van der Waals surface area contributed by atoms with E-state index in [0.29, 0.717) is 15.3 Å². The van der Waals surface area contributed by atoms with Gasteiger partial charge in [0.1, 0.15) is 0 Å². The average molecular weight is 674 g/mol. The molecule has 2 heterocycles. The van der Waals surface area contributed by atoms with Gasteiger partial charge in [-0.25, -0.2) is 18.4 Å². The van der Waals surface area contributed by atoms with Gasteiger partial charge in [-0.3, -0.25) is 18.9 Å². The monoisotopic (exact) mass is 673 g/mol. The van der Waals surface area contributed by atoms with E-state index in [9.17, 15) is 24.4 Å². The van der Waals surface area contributed by atoms with Crippen molar-refractivity contribution in [2.45, 2.75) is 63.7 Å². The van der Waals surface area contributed by atoms with Gasteiger partial charge in [0, 0.05) is 11.6 Å². The average Bonchev–Trinajstić information content (AvgIpc) is 3.09. The summed E-state index contributed by atoms with van der Waals surface area (Å²) in [6, 6.07) is 8.57. The molecule has 2 N–H and O–H groups in total. The zero-order chi connectivity index (χ0) is 31.0. The minimum absolute atomic E-state index is 0.126. The third-order valence-corrected chi connectivity index (χ3v) is 7.75. The molecular weight excluding hydrogens is 647 g/mol. The number of aromatic amines is 1. The number of halogens is 3. The fraction of sp³-hybridized carbons (Fsp3) is 0.423. The largest absolute Gasteiger partial charge is 0.575 e. The van der Waals surface area contributed by atoms with Crippen LogP contribution >= 0.6 is 24.1 Å². The summed E-state index contributed by atoms with van der Waals surface area (Å²) >= 11 is 2.92. The molecular formula is C26H27BrF2N3O9P. The van der Waals surface area contributed by atoms with Gasteiger partial charge in [0.25, 0.3) is 11.4 Å². The second-order valence-corrected chi connectivity index (χ2v) is 11.7. The van der Waals surface area contributed by atoms with E-state index in [1.54, 1.807) is 44.2 Å². The van der Waals surface area contributed by atoms with Crippen LogP contribution in [0.15, 0.2) is 61.4 Å². The van der Waals surface area contributed by atoms with Gasteiger partial charge in [-0.1, -0.05) is 35.1 Å². The Bertz CT molecular complexity index is 1650. The highest BCUT2D eigenvalue weighted by molar-refractivity contribution is 9.10. The van der Waals surface area contributed by atoms with Crippen LogP contribution in [0.5, 0.6) is 11.5 Å². The van der Waals surface area contributed by atoms with Crippen LogP contribution in [-0.2, 0) is 14.3 Å². The number of hydrogen-bond donors (Lipinski definition) is 2. The fourth-order valence-electron chi connectivity index (χ4n) is 4.23. The summed E-state index contributed by atoms with van der Waals surface area (Å²) in [7, 11) is -2.86. The number of carbonyl (C=O) groups excluding carboxylic acids is 1. The maximum atomic E-state index is 16.0. The summed E-state index contributed by atoms with van der Waals surface area (Å²) < 4.78 is 57.3. The molecule has 3 aromatic rings. The predicted molar refractivity (Wildman–Crippen MR) is 149 cm³/mol. The van der Waals surface area contributed by atoms with Gasteiger partial charge < -0.3 is 24.2 Å².